The molecular weight excluding hydrogens is 534 g/mol. The van der Waals surface area contributed by atoms with Crippen molar-refractivity contribution in [3.8, 4) is 0 Å². The van der Waals surface area contributed by atoms with Gasteiger partial charge in [-0.1, -0.05) is 72.8 Å². The van der Waals surface area contributed by atoms with Gasteiger partial charge >= 0.3 is 0 Å². The fraction of sp³-hybridized carbons (Fsp3) is 0.195. The van der Waals surface area contributed by atoms with Gasteiger partial charge in [-0.2, -0.15) is 4.58 Å². The Morgan fingerprint density at radius 2 is 0.955 bits per heavy atom. The highest BCUT2D eigenvalue weighted by atomic mass is 15.1. The number of hydrogen-bond donors (Lipinski definition) is 0. The Bertz CT molecular complexity index is 1700. The molecule has 1 heterocycles. The van der Waals surface area contributed by atoms with Gasteiger partial charge in [0.25, 0.3) is 0 Å². The van der Waals surface area contributed by atoms with Crippen molar-refractivity contribution in [2.24, 2.45) is 0 Å². The topological polar surface area (TPSA) is 9.49 Å². The summed E-state index contributed by atoms with van der Waals surface area (Å²) in [5, 5.41) is 0. The highest BCUT2D eigenvalue weighted by Gasteiger charge is 2.39. The molecule has 0 spiro atoms. The van der Waals surface area contributed by atoms with E-state index < -0.39 is 0 Å². The summed E-state index contributed by atoms with van der Waals surface area (Å²) < 4.78 is 2.44. The molecule has 0 radical (unpaired) electrons. The fourth-order valence-electron chi connectivity index (χ4n) is 6.52. The second kappa shape index (κ2) is 13.2. The largest absolute Gasteiger partial charge is 0.372 e. The van der Waals surface area contributed by atoms with Crippen molar-refractivity contribution in [2.45, 2.75) is 27.7 Å². The Balaban J connectivity index is 1.69. The minimum Gasteiger partial charge on any atom is -0.372 e. The number of benzene rings is 5. The van der Waals surface area contributed by atoms with Gasteiger partial charge in [0.15, 0.2) is 0 Å². The summed E-state index contributed by atoms with van der Waals surface area (Å²) in [4.78, 5) is 4.80. The molecule has 0 unspecified atom stereocenters. The van der Waals surface area contributed by atoms with Gasteiger partial charge in [-0.15, -0.1) is 0 Å². The van der Waals surface area contributed by atoms with E-state index in [-0.39, 0.29) is 0 Å². The Labute approximate surface area is 263 Å². The van der Waals surface area contributed by atoms with Crippen molar-refractivity contribution in [1.82, 2.24) is 4.58 Å². The first-order valence-electron chi connectivity index (χ1n) is 16.0. The zero-order chi connectivity index (χ0) is 30.5. The molecule has 0 N–H and O–H groups in total. The highest BCUT2D eigenvalue weighted by molar-refractivity contribution is 6.42. The molecular formula is C41H42N3+. The SMILES string of the molecule is CCN(CC)c1ccc(C(=C2C(c3ccccc3)=[N+](c3ccccc3)c3ccccc32)c2ccc(N(CC)CC)cc2)cc1. The predicted molar refractivity (Wildman–Crippen MR) is 191 cm³/mol. The maximum atomic E-state index is 2.44. The molecule has 1 aliphatic rings. The van der Waals surface area contributed by atoms with E-state index in [0.717, 1.165) is 31.9 Å². The Hall–Kier alpha value is -4.89. The molecule has 0 saturated carbocycles. The number of rotatable bonds is 10. The third kappa shape index (κ3) is 5.46. The first-order valence-corrected chi connectivity index (χ1v) is 16.0. The summed E-state index contributed by atoms with van der Waals surface area (Å²) in [6.07, 6.45) is 0. The molecule has 5 aromatic rings. The summed E-state index contributed by atoms with van der Waals surface area (Å²) >= 11 is 0. The zero-order valence-electron chi connectivity index (χ0n) is 26.4. The zero-order valence-corrected chi connectivity index (χ0v) is 26.4. The minimum absolute atomic E-state index is 0.988. The van der Waals surface area contributed by atoms with Gasteiger partial charge in [-0.05, 0) is 81.3 Å². The monoisotopic (exact) mass is 576 g/mol. The molecule has 0 aromatic heterocycles. The van der Waals surface area contributed by atoms with Gasteiger partial charge in [-0.25, -0.2) is 0 Å². The number of anilines is 2. The van der Waals surface area contributed by atoms with Crippen LogP contribution in [0.4, 0.5) is 22.7 Å². The molecule has 5 aromatic carbocycles. The van der Waals surface area contributed by atoms with Crippen LogP contribution in [0.15, 0.2) is 133 Å². The lowest BCUT2D eigenvalue weighted by Crippen LogP contribution is -2.21. The van der Waals surface area contributed by atoms with Crippen molar-refractivity contribution in [3.63, 3.8) is 0 Å². The van der Waals surface area contributed by atoms with Crippen LogP contribution in [-0.2, 0) is 0 Å². The maximum Gasteiger partial charge on any atom is 0.227 e. The van der Waals surface area contributed by atoms with Gasteiger partial charge in [0, 0.05) is 66.9 Å². The quantitative estimate of drug-likeness (QED) is 0.153. The molecule has 1 aliphatic heterocycles. The lowest BCUT2D eigenvalue weighted by molar-refractivity contribution is 0.866. The molecule has 220 valence electrons. The summed E-state index contributed by atoms with van der Waals surface area (Å²) in [6.45, 7) is 12.8. The Kier molecular flexibility index (Phi) is 8.74. The van der Waals surface area contributed by atoms with Crippen molar-refractivity contribution >= 4 is 39.6 Å². The van der Waals surface area contributed by atoms with E-state index in [0.29, 0.717) is 0 Å². The Morgan fingerprint density at radius 1 is 0.500 bits per heavy atom. The fourth-order valence-corrected chi connectivity index (χ4v) is 6.52. The summed E-state index contributed by atoms with van der Waals surface area (Å²) in [5.41, 5.74) is 13.4. The third-order valence-electron chi connectivity index (χ3n) is 8.76. The molecule has 0 amide bonds. The van der Waals surface area contributed by atoms with E-state index in [1.165, 1.54) is 56.2 Å². The van der Waals surface area contributed by atoms with Crippen molar-refractivity contribution < 1.29 is 0 Å². The van der Waals surface area contributed by atoms with Crippen molar-refractivity contribution in [3.05, 3.63) is 156 Å². The normalized spacial score (nSPS) is 12.3. The van der Waals surface area contributed by atoms with E-state index in [1.807, 2.05) is 0 Å². The number of para-hydroxylation sites is 2. The molecule has 0 fully saturated rings. The summed E-state index contributed by atoms with van der Waals surface area (Å²) in [5.74, 6) is 0. The number of hydrogen-bond acceptors (Lipinski definition) is 2. The standard InChI is InChI=1S/C41H42N3/c1-5-42(6-2)34-27-23-31(24-28-34)39(32-25-29-35(30-26-32)43(7-3)8-4)40-37-21-15-16-22-38(37)44(36-19-13-10-14-20-36)41(40)33-17-11-9-12-18-33/h9-30H,5-8H2,1-4H3/q+1. The van der Waals surface area contributed by atoms with Crippen molar-refractivity contribution in [2.75, 3.05) is 36.0 Å². The van der Waals surface area contributed by atoms with E-state index >= 15 is 0 Å². The van der Waals surface area contributed by atoms with Crippen LogP contribution < -0.4 is 14.4 Å². The molecule has 44 heavy (non-hydrogen) atoms. The van der Waals surface area contributed by atoms with E-state index in [9.17, 15) is 0 Å². The molecule has 0 atom stereocenters. The lowest BCUT2D eigenvalue weighted by atomic mass is 9.86. The molecule has 0 bridgehead atoms. The van der Waals surface area contributed by atoms with Crippen LogP contribution in [0.1, 0.15) is 49.9 Å². The summed E-state index contributed by atoms with van der Waals surface area (Å²) in [6, 6.07) is 48.8. The number of fused-ring (bicyclic) bond motifs is 1. The van der Waals surface area contributed by atoms with Gasteiger partial charge in [0.2, 0.25) is 17.1 Å². The minimum atomic E-state index is 0.988. The average Bonchev–Trinajstić information content (AvgIpc) is 3.43. The second-order valence-corrected chi connectivity index (χ2v) is 11.1. The van der Waals surface area contributed by atoms with Crippen LogP contribution in [-0.4, -0.2) is 31.9 Å². The first kappa shape index (κ1) is 29.2. The second-order valence-electron chi connectivity index (χ2n) is 11.1. The van der Waals surface area contributed by atoms with Gasteiger partial charge in [-0.3, -0.25) is 0 Å². The maximum absolute atomic E-state index is 2.44. The van der Waals surface area contributed by atoms with E-state index in [2.05, 4.69) is 176 Å². The molecule has 6 rings (SSSR count). The molecule has 3 nitrogen and oxygen atoms in total. The van der Waals surface area contributed by atoms with Gasteiger partial charge in [0.05, 0.1) is 11.1 Å². The highest BCUT2D eigenvalue weighted by Crippen LogP contribution is 2.45. The van der Waals surface area contributed by atoms with Crippen LogP contribution in [0.3, 0.4) is 0 Å². The molecule has 3 heteroatoms. The third-order valence-corrected chi connectivity index (χ3v) is 8.76. The van der Waals surface area contributed by atoms with Crippen LogP contribution in [0.5, 0.6) is 0 Å². The van der Waals surface area contributed by atoms with Crippen LogP contribution >= 0.6 is 0 Å². The average molecular weight is 577 g/mol. The predicted octanol–water partition coefficient (Wildman–Crippen LogP) is 9.68. The molecule has 0 aliphatic carbocycles. The van der Waals surface area contributed by atoms with Crippen molar-refractivity contribution in [1.29, 1.82) is 0 Å². The number of allylic oxidation sites excluding steroid dienone is 1. The van der Waals surface area contributed by atoms with Gasteiger partial charge < -0.3 is 9.80 Å². The molecule has 0 saturated heterocycles. The van der Waals surface area contributed by atoms with Crippen LogP contribution in [0.25, 0.3) is 11.1 Å². The smallest absolute Gasteiger partial charge is 0.227 e. The summed E-state index contributed by atoms with van der Waals surface area (Å²) in [7, 11) is 0. The van der Waals surface area contributed by atoms with E-state index in [4.69, 9.17) is 0 Å². The van der Waals surface area contributed by atoms with Crippen LogP contribution in [0, 0.1) is 0 Å². The number of nitrogens with zero attached hydrogens (tertiary/aromatic N) is 3. The lowest BCUT2D eigenvalue weighted by Gasteiger charge is -2.23. The first-order chi connectivity index (χ1) is 21.7. The van der Waals surface area contributed by atoms with E-state index in [1.54, 1.807) is 0 Å². The Morgan fingerprint density at radius 3 is 1.45 bits per heavy atom. The van der Waals surface area contributed by atoms with Gasteiger partial charge in [0.1, 0.15) is 0 Å². The van der Waals surface area contributed by atoms with Crippen LogP contribution in [0.2, 0.25) is 0 Å².